The third-order valence-corrected chi connectivity index (χ3v) is 8.92. The van der Waals surface area contributed by atoms with Crippen molar-refractivity contribution in [2.75, 3.05) is 55.7 Å². The van der Waals surface area contributed by atoms with E-state index in [9.17, 15) is 0 Å². The Kier molecular flexibility index (Phi) is 19.2. The first-order valence-electron chi connectivity index (χ1n) is 11.5. The number of methoxy groups -OCH3 is 1. The van der Waals surface area contributed by atoms with Crippen LogP contribution >= 0.6 is 0 Å². The zero-order valence-electron chi connectivity index (χ0n) is 21.1. The molecule has 0 bridgehead atoms. The van der Waals surface area contributed by atoms with Crippen LogP contribution in [0.25, 0.3) is 0 Å². The number of hydrogen-bond acceptors (Lipinski definition) is 5. The van der Waals surface area contributed by atoms with E-state index in [-0.39, 0.29) is 12.4 Å². The lowest BCUT2D eigenvalue weighted by Crippen LogP contribution is -3.00. The molecule has 0 saturated carbocycles. The van der Waals surface area contributed by atoms with Gasteiger partial charge in [0.2, 0.25) is 0 Å². The molecule has 0 saturated heterocycles. The molecule has 0 aromatic carbocycles. The van der Waals surface area contributed by atoms with E-state index in [4.69, 9.17) is 22.8 Å². The molecule has 1 unspecified atom stereocenters. The number of hydrogen-bond donors (Lipinski definition) is 0. The lowest BCUT2D eigenvalue weighted by molar-refractivity contribution is -0.996. The molecule has 0 rings (SSSR count). The van der Waals surface area contributed by atoms with Crippen LogP contribution in [-0.2, 0) is 22.8 Å². The standard InChI is InChI=1S/C22H50NO5Si.ClH/c1-9-11-12-13-14-15-16-17-19-22(24-5,28-10-2)23(3,4)20-18-21-29(25-6,26-7)27-8;/h9-21H2,1-8H3;1H/q+1;/p-1. The van der Waals surface area contributed by atoms with Gasteiger partial charge in [0.1, 0.15) is 0 Å². The molecule has 0 aliphatic rings. The summed E-state index contributed by atoms with van der Waals surface area (Å²) < 4.78 is 29.6. The van der Waals surface area contributed by atoms with E-state index in [1.54, 1.807) is 28.4 Å². The number of ether oxygens (including phenoxy) is 2. The van der Waals surface area contributed by atoms with E-state index in [2.05, 4.69) is 21.0 Å². The Hall–Kier alpha value is 0.267. The summed E-state index contributed by atoms with van der Waals surface area (Å²) >= 11 is 0. The molecule has 0 aliphatic heterocycles. The van der Waals surface area contributed by atoms with E-state index in [1.165, 1.54) is 44.9 Å². The minimum Gasteiger partial charge on any atom is -1.00 e. The maximum absolute atomic E-state index is 6.23. The minimum atomic E-state index is -2.55. The van der Waals surface area contributed by atoms with Crippen LogP contribution in [0.5, 0.6) is 0 Å². The molecule has 0 aliphatic carbocycles. The predicted octanol–water partition coefficient (Wildman–Crippen LogP) is 2.20. The molecular formula is C22H50ClNO5Si. The summed E-state index contributed by atoms with van der Waals surface area (Å²) in [6.45, 7) is 5.84. The normalized spacial score (nSPS) is 14.4. The van der Waals surface area contributed by atoms with Gasteiger partial charge in [-0.15, -0.1) is 0 Å². The molecule has 0 heterocycles. The maximum Gasteiger partial charge on any atom is 0.500 e. The van der Waals surface area contributed by atoms with Crippen LogP contribution in [-0.4, -0.2) is 74.9 Å². The Labute approximate surface area is 194 Å². The molecule has 1 atom stereocenters. The van der Waals surface area contributed by atoms with Crippen molar-refractivity contribution in [3.63, 3.8) is 0 Å². The lowest BCUT2D eigenvalue weighted by atomic mass is 10.1. The molecule has 0 amide bonds. The smallest absolute Gasteiger partial charge is 0.500 e. The summed E-state index contributed by atoms with van der Waals surface area (Å²) in [4.78, 5) is 0. The molecule has 8 heteroatoms. The highest BCUT2D eigenvalue weighted by Crippen LogP contribution is 2.31. The van der Waals surface area contributed by atoms with Gasteiger partial charge in [-0.25, -0.2) is 0 Å². The molecular weight excluding hydrogens is 422 g/mol. The van der Waals surface area contributed by atoms with E-state index >= 15 is 0 Å². The summed E-state index contributed by atoms with van der Waals surface area (Å²) in [5.74, 6) is -0.617. The Morgan fingerprint density at radius 3 is 1.67 bits per heavy atom. The highest BCUT2D eigenvalue weighted by molar-refractivity contribution is 6.60. The van der Waals surface area contributed by atoms with E-state index in [1.807, 2.05) is 6.92 Å². The molecule has 6 nitrogen and oxygen atoms in total. The van der Waals surface area contributed by atoms with Gasteiger partial charge >= 0.3 is 14.7 Å². The first-order valence-corrected chi connectivity index (χ1v) is 13.4. The molecule has 0 aromatic rings. The van der Waals surface area contributed by atoms with Crippen LogP contribution in [0.3, 0.4) is 0 Å². The van der Waals surface area contributed by atoms with Crippen molar-refractivity contribution in [1.82, 2.24) is 0 Å². The van der Waals surface area contributed by atoms with E-state index in [0.29, 0.717) is 11.1 Å². The zero-order chi connectivity index (χ0) is 22.2. The van der Waals surface area contributed by atoms with Crippen molar-refractivity contribution in [3.05, 3.63) is 0 Å². The Bertz CT molecular complexity index is 391. The number of unbranched alkanes of at least 4 members (excludes halogenated alkanes) is 7. The van der Waals surface area contributed by atoms with Crippen molar-refractivity contribution in [2.45, 2.75) is 90.0 Å². The highest BCUT2D eigenvalue weighted by Gasteiger charge is 2.47. The molecule has 0 radical (unpaired) electrons. The van der Waals surface area contributed by atoms with Crippen LogP contribution in [0.15, 0.2) is 0 Å². The molecule has 0 spiro atoms. The second kappa shape index (κ2) is 17.8. The van der Waals surface area contributed by atoms with E-state index in [0.717, 1.165) is 31.9 Å². The third-order valence-electron chi connectivity index (χ3n) is 6.09. The largest absolute Gasteiger partial charge is 1.00 e. The molecule has 0 aromatic heterocycles. The zero-order valence-corrected chi connectivity index (χ0v) is 22.8. The van der Waals surface area contributed by atoms with Gasteiger partial charge in [-0.2, -0.15) is 0 Å². The highest BCUT2D eigenvalue weighted by atomic mass is 35.5. The summed E-state index contributed by atoms with van der Waals surface area (Å²) in [7, 11) is 8.62. The van der Waals surface area contributed by atoms with Crippen LogP contribution in [0.2, 0.25) is 6.04 Å². The Balaban J connectivity index is 0. The Morgan fingerprint density at radius 1 is 0.733 bits per heavy atom. The van der Waals surface area contributed by atoms with Gasteiger partial charge in [-0.05, 0) is 13.3 Å². The van der Waals surface area contributed by atoms with Crippen molar-refractivity contribution in [2.24, 2.45) is 0 Å². The number of halogens is 1. The monoisotopic (exact) mass is 471 g/mol. The van der Waals surface area contributed by atoms with Crippen LogP contribution < -0.4 is 12.4 Å². The van der Waals surface area contributed by atoms with Crippen molar-refractivity contribution < 1.29 is 39.6 Å². The summed E-state index contributed by atoms with van der Waals surface area (Å²) in [6.07, 6.45) is 12.2. The average molecular weight is 472 g/mol. The van der Waals surface area contributed by atoms with Crippen molar-refractivity contribution in [3.8, 4) is 0 Å². The van der Waals surface area contributed by atoms with Gasteiger partial charge in [0.05, 0.1) is 33.7 Å². The lowest BCUT2D eigenvalue weighted by Gasteiger charge is -2.46. The Morgan fingerprint density at radius 2 is 1.23 bits per heavy atom. The molecule has 30 heavy (non-hydrogen) atoms. The summed E-state index contributed by atoms with van der Waals surface area (Å²) in [6, 6.07) is 0.780. The first kappa shape index (κ1) is 32.4. The second-order valence-corrected chi connectivity index (χ2v) is 11.5. The van der Waals surface area contributed by atoms with Gasteiger partial charge in [-0.1, -0.05) is 51.9 Å². The molecule has 0 fully saturated rings. The van der Waals surface area contributed by atoms with Gasteiger partial charge in [0.15, 0.2) is 0 Å². The first-order chi connectivity index (χ1) is 13.8. The topological polar surface area (TPSA) is 46.2 Å². The number of rotatable bonds is 20. The van der Waals surface area contributed by atoms with E-state index < -0.39 is 14.7 Å². The van der Waals surface area contributed by atoms with Crippen LogP contribution in [0.4, 0.5) is 0 Å². The summed E-state index contributed by atoms with van der Waals surface area (Å²) in [5, 5.41) is 0. The van der Waals surface area contributed by atoms with Gasteiger partial charge in [-0.3, -0.25) is 4.48 Å². The fourth-order valence-corrected chi connectivity index (χ4v) is 5.79. The minimum absolute atomic E-state index is 0. The van der Waals surface area contributed by atoms with Crippen LogP contribution in [0.1, 0.15) is 78.1 Å². The quantitative estimate of drug-likeness (QED) is 0.118. The second-order valence-electron chi connectivity index (χ2n) is 8.38. The van der Waals surface area contributed by atoms with Crippen molar-refractivity contribution >= 4 is 8.80 Å². The fraction of sp³-hybridized carbons (Fsp3) is 1.00. The molecule has 184 valence electrons. The SMILES string of the molecule is CCCCCCCCCCC(OC)(OCC)[N+](C)(C)CCC[Si](OC)(OC)OC.[Cl-]. The van der Waals surface area contributed by atoms with Crippen molar-refractivity contribution in [1.29, 1.82) is 0 Å². The van der Waals surface area contributed by atoms with Gasteiger partial charge in [0.25, 0.3) is 0 Å². The predicted molar refractivity (Wildman–Crippen MR) is 122 cm³/mol. The van der Waals surface area contributed by atoms with Crippen LogP contribution in [0, 0.1) is 0 Å². The molecule has 0 N–H and O–H groups in total. The summed E-state index contributed by atoms with van der Waals surface area (Å²) in [5.41, 5.74) is 0. The number of quaternary nitrogens is 1. The van der Waals surface area contributed by atoms with Gasteiger partial charge in [0, 0.05) is 40.9 Å². The number of nitrogens with zero attached hydrogens (tertiary/aromatic N) is 1. The maximum atomic E-state index is 6.23. The average Bonchev–Trinajstić information content (AvgIpc) is 2.72. The third kappa shape index (κ3) is 10.7. The van der Waals surface area contributed by atoms with Gasteiger partial charge < -0.3 is 35.2 Å². The fourth-order valence-electron chi connectivity index (χ4n) is 4.08.